The first-order chi connectivity index (χ1) is 29.2. The highest BCUT2D eigenvalue weighted by Gasteiger charge is 2.22. The summed E-state index contributed by atoms with van der Waals surface area (Å²) in [5.74, 6) is 0. The molecule has 12 aromatic rings. The minimum atomic E-state index is 0.848. The zero-order chi connectivity index (χ0) is 38.9. The molecular formula is C56H36N2O. The van der Waals surface area contributed by atoms with Crippen molar-refractivity contribution in [3.8, 4) is 27.9 Å². The van der Waals surface area contributed by atoms with Crippen LogP contribution in [0.15, 0.2) is 223 Å². The summed E-state index contributed by atoms with van der Waals surface area (Å²) in [5.41, 5.74) is 12.8. The largest absolute Gasteiger partial charge is 0.456 e. The van der Waals surface area contributed by atoms with Crippen molar-refractivity contribution in [2.75, 3.05) is 4.90 Å². The Balaban J connectivity index is 1.18. The second kappa shape index (κ2) is 13.4. The number of nitrogens with zero attached hydrogens (tertiary/aromatic N) is 2. The fraction of sp³-hybridized carbons (Fsp3) is 0. The van der Waals surface area contributed by atoms with Crippen molar-refractivity contribution in [2.24, 2.45) is 0 Å². The maximum Gasteiger partial charge on any atom is 0.138 e. The summed E-state index contributed by atoms with van der Waals surface area (Å²) >= 11 is 0. The molecule has 276 valence electrons. The van der Waals surface area contributed by atoms with Crippen LogP contribution in [-0.4, -0.2) is 4.57 Å². The zero-order valence-electron chi connectivity index (χ0n) is 32.1. The number of furan rings is 1. The smallest absolute Gasteiger partial charge is 0.138 e. The van der Waals surface area contributed by atoms with Gasteiger partial charge in [-0.05, 0) is 98.4 Å². The summed E-state index contributed by atoms with van der Waals surface area (Å²) in [6.45, 7) is 0. The van der Waals surface area contributed by atoms with Gasteiger partial charge in [-0.2, -0.15) is 0 Å². The molecule has 0 spiro atoms. The number of hydrogen-bond acceptors (Lipinski definition) is 2. The van der Waals surface area contributed by atoms with Gasteiger partial charge >= 0.3 is 0 Å². The Morgan fingerprint density at radius 2 is 0.932 bits per heavy atom. The van der Waals surface area contributed by atoms with Gasteiger partial charge in [0.15, 0.2) is 0 Å². The third kappa shape index (κ3) is 5.44. The third-order valence-corrected chi connectivity index (χ3v) is 11.9. The van der Waals surface area contributed by atoms with Crippen LogP contribution >= 0.6 is 0 Å². The van der Waals surface area contributed by atoms with Gasteiger partial charge in [-0.15, -0.1) is 0 Å². The minimum absolute atomic E-state index is 0.848. The van der Waals surface area contributed by atoms with Crippen molar-refractivity contribution < 1.29 is 4.42 Å². The van der Waals surface area contributed by atoms with E-state index in [-0.39, 0.29) is 0 Å². The lowest BCUT2D eigenvalue weighted by atomic mass is 9.97. The molecular weight excluding hydrogens is 717 g/mol. The highest BCUT2D eigenvalue weighted by atomic mass is 16.3. The molecule has 0 aliphatic rings. The summed E-state index contributed by atoms with van der Waals surface area (Å²) in [5, 5.41) is 9.58. The van der Waals surface area contributed by atoms with Crippen LogP contribution in [0.1, 0.15) is 0 Å². The Labute approximate surface area is 341 Å². The Hall–Kier alpha value is -7.88. The number of anilines is 3. The molecule has 10 aromatic carbocycles. The van der Waals surface area contributed by atoms with Crippen molar-refractivity contribution >= 4 is 82.4 Å². The Morgan fingerprint density at radius 1 is 0.339 bits per heavy atom. The Morgan fingerprint density at radius 3 is 1.69 bits per heavy atom. The molecule has 0 fully saturated rings. The maximum absolute atomic E-state index is 6.74. The van der Waals surface area contributed by atoms with Crippen LogP contribution in [0.5, 0.6) is 0 Å². The molecule has 0 aliphatic carbocycles. The van der Waals surface area contributed by atoms with E-state index >= 15 is 0 Å². The second-order valence-corrected chi connectivity index (χ2v) is 15.3. The van der Waals surface area contributed by atoms with Crippen LogP contribution < -0.4 is 4.90 Å². The highest BCUT2D eigenvalue weighted by Crippen LogP contribution is 2.46. The number of fused-ring (bicyclic) bond motifs is 9. The van der Waals surface area contributed by atoms with Gasteiger partial charge in [-0.3, -0.25) is 0 Å². The Bertz CT molecular complexity index is 3510. The fourth-order valence-corrected chi connectivity index (χ4v) is 9.25. The van der Waals surface area contributed by atoms with Gasteiger partial charge in [-0.1, -0.05) is 158 Å². The van der Waals surface area contributed by atoms with Crippen molar-refractivity contribution in [3.63, 3.8) is 0 Å². The topological polar surface area (TPSA) is 21.3 Å². The number of aromatic nitrogens is 1. The van der Waals surface area contributed by atoms with Gasteiger partial charge < -0.3 is 13.9 Å². The molecule has 2 heterocycles. The van der Waals surface area contributed by atoms with E-state index in [0.717, 1.165) is 66.9 Å². The SMILES string of the molecule is c1ccc(-c2cc(N(c3ccc4c(ccc5ccccc54)c3)c3cc(-c4ccccc4)c4c(c3)oc3ccccc34)cc(-n3c4ccccc4c4ccccc43)c2)cc1. The summed E-state index contributed by atoms with van der Waals surface area (Å²) in [4.78, 5) is 2.41. The van der Waals surface area contributed by atoms with E-state index in [9.17, 15) is 0 Å². The molecule has 0 aliphatic heterocycles. The third-order valence-electron chi connectivity index (χ3n) is 11.9. The highest BCUT2D eigenvalue weighted by molar-refractivity contribution is 6.15. The number of para-hydroxylation sites is 3. The number of hydrogen-bond donors (Lipinski definition) is 0. The Kier molecular flexibility index (Phi) is 7.54. The van der Waals surface area contributed by atoms with E-state index in [4.69, 9.17) is 4.42 Å². The molecule has 3 heteroatoms. The first-order valence-electron chi connectivity index (χ1n) is 20.2. The van der Waals surface area contributed by atoms with Crippen LogP contribution in [-0.2, 0) is 0 Å². The summed E-state index contributed by atoms with van der Waals surface area (Å²) in [6.07, 6.45) is 0. The van der Waals surface area contributed by atoms with Crippen LogP contribution in [0.2, 0.25) is 0 Å². The van der Waals surface area contributed by atoms with Gasteiger partial charge in [0, 0.05) is 44.7 Å². The van der Waals surface area contributed by atoms with E-state index in [1.165, 1.54) is 43.4 Å². The quantitative estimate of drug-likeness (QED) is 0.158. The lowest BCUT2D eigenvalue weighted by molar-refractivity contribution is 0.669. The van der Waals surface area contributed by atoms with Gasteiger partial charge in [-0.25, -0.2) is 0 Å². The first kappa shape index (κ1) is 33.3. The van der Waals surface area contributed by atoms with Crippen molar-refractivity contribution in [1.29, 1.82) is 0 Å². The molecule has 0 saturated heterocycles. The molecule has 0 N–H and O–H groups in total. The normalized spacial score (nSPS) is 11.7. The molecule has 12 rings (SSSR count). The predicted molar refractivity (Wildman–Crippen MR) is 249 cm³/mol. The minimum Gasteiger partial charge on any atom is -0.456 e. The van der Waals surface area contributed by atoms with E-state index in [1.807, 2.05) is 6.07 Å². The molecule has 0 atom stereocenters. The zero-order valence-corrected chi connectivity index (χ0v) is 32.1. The van der Waals surface area contributed by atoms with E-state index < -0.39 is 0 Å². The second-order valence-electron chi connectivity index (χ2n) is 15.3. The van der Waals surface area contributed by atoms with Gasteiger partial charge in [0.2, 0.25) is 0 Å². The molecule has 3 nitrogen and oxygen atoms in total. The van der Waals surface area contributed by atoms with Crippen molar-refractivity contribution in [1.82, 2.24) is 4.57 Å². The molecule has 0 unspecified atom stereocenters. The molecule has 59 heavy (non-hydrogen) atoms. The number of benzene rings is 10. The molecule has 0 saturated carbocycles. The fourth-order valence-electron chi connectivity index (χ4n) is 9.25. The van der Waals surface area contributed by atoms with Gasteiger partial charge in [0.1, 0.15) is 11.2 Å². The lowest BCUT2D eigenvalue weighted by Gasteiger charge is -2.28. The molecule has 0 bridgehead atoms. The van der Waals surface area contributed by atoms with Gasteiger partial charge in [0.05, 0.1) is 16.7 Å². The van der Waals surface area contributed by atoms with E-state index in [1.54, 1.807) is 0 Å². The van der Waals surface area contributed by atoms with E-state index in [0.29, 0.717) is 0 Å². The van der Waals surface area contributed by atoms with Crippen molar-refractivity contribution in [3.05, 3.63) is 218 Å². The molecule has 2 aromatic heterocycles. The summed E-state index contributed by atoms with van der Waals surface area (Å²) in [7, 11) is 0. The lowest BCUT2D eigenvalue weighted by Crippen LogP contribution is -2.11. The average Bonchev–Trinajstić information content (AvgIpc) is 3.85. The van der Waals surface area contributed by atoms with Crippen LogP contribution in [0.25, 0.3) is 93.2 Å². The summed E-state index contributed by atoms with van der Waals surface area (Å²) in [6, 6.07) is 78.9. The number of rotatable bonds is 6. The standard InChI is InChI=1S/C56H36N2O/c1-3-15-37(16-4-1)41-32-43(34-44(33-41)58-52-24-12-9-21-48(52)49-22-10-13-25-53(49)58)57(42-29-30-47-40(31-42)28-27-39-19-7-8-20-46(39)47)45-35-51(38-17-5-2-6-18-38)56-50-23-11-14-26-54(50)59-55(56)36-45/h1-36H. The van der Waals surface area contributed by atoms with Crippen LogP contribution in [0.3, 0.4) is 0 Å². The average molecular weight is 753 g/mol. The molecule has 0 amide bonds. The van der Waals surface area contributed by atoms with Crippen molar-refractivity contribution in [2.45, 2.75) is 0 Å². The van der Waals surface area contributed by atoms with Gasteiger partial charge in [0.25, 0.3) is 0 Å². The van der Waals surface area contributed by atoms with Crippen LogP contribution in [0, 0.1) is 0 Å². The van der Waals surface area contributed by atoms with Crippen LogP contribution in [0.4, 0.5) is 17.1 Å². The van der Waals surface area contributed by atoms with E-state index in [2.05, 4.69) is 222 Å². The summed E-state index contributed by atoms with van der Waals surface area (Å²) < 4.78 is 9.16. The predicted octanol–water partition coefficient (Wildman–Crippen LogP) is 15.8. The first-order valence-corrected chi connectivity index (χ1v) is 20.2. The molecule has 0 radical (unpaired) electrons. The maximum atomic E-state index is 6.74. The monoisotopic (exact) mass is 752 g/mol.